The Kier molecular flexibility index (Phi) is 5.19. The number of aromatic nitrogens is 1. The van der Waals surface area contributed by atoms with E-state index in [1.807, 2.05) is 0 Å². The highest BCUT2D eigenvalue weighted by Gasteiger charge is 2.46. The van der Waals surface area contributed by atoms with Gasteiger partial charge in [-0.3, -0.25) is 0 Å². The van der Waals surface area contributed by atoms with E-state index in [1.165, 1.54) is 78.3 Å². The number of hydrogen-bond donors (Lipinski definition) is 0. The van der Waals surface area contributed by atoms with Crippen molar-refractivity contribution < 1.29 is 0 Å². The van der Waals surface area contributed by atoms with Crippen LogP contribution in [0.3, 0.4) is 0 Å². The largest absolute Gasteiger partial charge is 0.313 e. The van der Waals surface area contributed by atoms with E-state index in [2.05, 4.69) is 179 Å². The third kappa shape index (κ3) is 3.37. The topological polar surface area (TPSA) is 11.4 Å². The van der Waals surface area contributed by atoms with Crippen LogP contribution in [0.5, 0.6) is 0 Å². The van der Waals surface area contributed by atoms with Crippen LogP contribution < -0.4 is 9.80 Å². The third-order valence-electron chi connectivity index (χ3n) is 10.3. The summed E-state index contributed by atoms with van der Waals surface area (Å²) in [6, 6.07) is 53.1. The molecule has 2 aliphatic heterocycles. The van der Waals surface area contributed by atoms with E-state index < -0.39 is 0 Å². The van der Waals surface area contributed by atoms with Gasteiger partial charge in [0.05, 0.1) is 28.1 Å². The van der Waals surface area contributed by atoms with Crippen molar-refractivity contribution >= 4 is 55.8 Å². The molecule has 0 bridgehead atoms. The Morgan fingerprint density at radius 2 is 1.15 bits per heavy atom. The van der Waals surface area contributed by atoms with Crippen molar-refractivity contribution in [2.24, 2.45) is 0 Å². The van der Waals surface area contributed by atoms with Gasteiger partial charge >= 0.3 is 0 Å². The van der Waals surface area contributed by atoms with E-state index in [-0.39, 0.29) is 5.41 Å². The van der Waals surface area contributed by atoms with Gasteiger partial charge < -0.3 is 14.4 Å². The van der Waals surface area contributed by atoms with Crippen molar-refractivity contribution in [2.75, 3.05) is 9.80 Å². The first kappa shape index (κ1) is 25.5. The van der Waals surface area contributed by atoms with E-state index in [0.29, 0.717) is 0 Å². The minimum absolute atomic E-state index is 0.150. The van der Waals surface area contributed by atoms with Crippen LogP contribution in [0, 0.1) is 0 Å². The second-order valence-electron chi connectivity index (χ2n) is 12.8. The molecule has 3 heteroatoms. The zero-order chi connectivity index (χ0) is 30.4. The maximum Gasteiger partial charge on any atom is 0.0783 e. The number of fused-ring (bicyclic) bond motifs is 8. The minimum atomic E-state index is -0.150. The predicted octanol–water partition coefficient (Wildman–Crippen LogP) is 11.3. The summed E-state index contributed by atoms with van der Waals surface area (Å²) in [7, 11) is 0. The Hall–Kier alpha value is -5.80. The first-order chi connectivity index (χ1) is 22.7. The zero-order valence-corrected chi connectivity index (χ0v) is 25.6. The smallest absolute Gasteiger partial charge is 0.0783 e. The van der Waals surface area contributed by atoms with E-state index in [0.717, 1.165) is 6.42 Å². The van der Waals surface area contributed by atoms with Crippen LogP contribution in [0.4, 0.5) is 28.4 Å². The minimum Gasteiger partial charge on any atom is -0.313 e. The molecule has 0 fully saturated rings. The van der Waals surface area contributed by atoms with Crippen molar-refractivity contribution in [2.45, 2.75) is 18.8 Å². The Bertz CT molecular complexity index is 2410. The van der Waals surface area contributed by atoms with Crippen LogP contribution in [0.25, 0.3) is 33.1 Å². The molecule has 1 aromatic heterocycles. The molecule has 3 aliphatic rings. The van der Waals surface area contributed by atoms with Crippen LogP contribution in [0.1, 0.15) is 24.5 Å². The van der Waals surface area contributed by atoms with Crippen LogP contribution >= 0.6 is 0 Å². The Balaban J connectivity index is 1.23. The molecule has 1 unspecified atom stereocenters. The summed E-state index contributed by atoms with van der Waals surface area (Å²) in [6.45, 7) is 2.43. The number of allylic oxidation sites excluding steroid dienone is 4. The molecule has 6 aromatic carbocycles. The van der Waals surface area contributed by atoms with Gasteiger partial charge in [0.2, 0.25) is 0 Å². The maximum atomic E-state index is 2.47. The molecule has 0 spiro atoms. The highest BCUT2D eigenvalue weighted by Crippen LogP contribution is 2.57. The fourth-order valence-electron chi connectivity index (χ4n) is 8.28. The molecule has 7 aromatic rings. The van der Waals surface area contributed by atoms with Gasteiger partial charge in [0.25, 0.3) is 0 Å². The molecule has 3 heterocycles. The summed E-state index contributed by atoms with van der Waals surface area (Å²) < 4.78 is 2.47. The molecule has 0 N–H and O–H groups in total. The van der Waals surface area contributed by atoms with Crippen molar-refractivity contribution in [1.82, 2.24) is 4.57 Å². The summed E-state index contributed by atoms with van der Waals surface area (Å²) in [5.41, 5.74) is 15.0. The lowest BCUT2D eigenvalue weighted by Crippen LogP contribution is -2.28. The molecule has 3 nitrogen and oxygen atoms in total. The highest BCUT2D eigenvalue weighted by atomic mass is 15.2. The molecule has 1 atom stereocenters. The van der Waals surface area contributed by atoms with Gasteiger partial charge in [-0.1, -0.05) is 91.0 Å². The first-order valence-electron chi connectivity index (χ1n) is 16.1. The molecule has 0 saturated carbocycles. The molecule has 1 aliphatic carbocycles. The van der Waals surface area contributed by atoms with Crippen molar-refractivity contribution in [3.05, 3.63) is 175 Å². The van der Waals surface area contributed by atoms with Crippen molar-refractivity contribution in [3.8, 4) is 5.69 Å². The lowest BCUT2D eigenvalue weighted by Gasteiger charge is -2.35. The number of para-hydroxylation sites is 6. The van der Waals surface area contributed by atoms with Gasteiger partial charge in [-0.2, -0.15) is 0 Å². The van der Waals surface area contributed by atoms with E-state index in [4.69, 9.17) is 0 Å². The molecule has 0 saturated heterocycles. The number of benzene rings is 6. The summed E-state index contributed by atoms with van der Waals surface area (Å²) in [5.74, 6) is 0. The molecule has 0 amide bonds. The van der Waals surface area contributed by atoms with E-state index >= 15 is 0 Å². The first-order valence-corrected chi connectivity index (χ1v) is 16.1. The molecular formula is C43H31N3. The normalized spacial score (nSPS) is 17.8. The van der Waals surface area contributed by atoms with Gasteiger partial charge in [-0.05, 0) is 96.8 Å². The summed E-state index contributed by atoms with van der Waals surface area (Å²) >= 11 is 0. The molecule has 0 radical (unpaired) electrons. The fraction of sp³-hybridized carbons (Fsp3) is 0.0698. The Labute approximate surface area is 268 Å². The Morgan fingerprint density at radius 3 is 1.93 bits per heavy atom. The molecular weight excluding hydrogens is 558 g/mol. The second-order valence-corrected chi connectivity index (χ2v) is 12.8. The van der Waals surface area contributed by atoms with Gasteiger partial charge in [-0.25, -0.2) is 0 Å². The highest BCUT2D eigenvalue weighted by molar-refractivity contribution is 6.17. The summed E-state index contributed by atoms with van der Waals surface area (Å²) in [6.07, 6.45) is 5.66. The number of hydrogen-bond acceptors (Lipinski definition) is 2. The predicted molar refractivity (Wildman–Crippen MR) is 192 cm³/mol. The van der Waals surface area contributed by atoms with E-state index in [9.17, 15) is 0 Å². The zero-order valence-electron chi connectivity index (χ0n) is 25.6. The Morgan fingerprint density at radius 1 is 0.522 bits per heavy atom. The number of rotatable bonds is 3. The van der Waals surface area contributed by atoms with Crippen molar-refractivity contribution in [3.63, 3.8) is 0 Å². The number of nitrogens with zero attached hydrogens (tertiary/aromatic N) is 3. The fourth-order valence-corrected chi connectivity index (χ4v) is 8.28. The van der Waals surface area contributed by atoms with Crippen LogP contribution in [-0.4, -0.2) is 4.57 Å². The quantitative estimate of drug-likeness (QED) is 0.203. The lowest BCUT2D eigenvalue weighted by atomic mass is 9.72. The molecule has 10 rings (SSSR count). The standard InChI is InChI=1S/C43H31N3/c1-43-28-29(24-25-41(43)45(32-16-6-3-7-17-32)37-21-11-9-19-35(37)43)30-26-34-33-18-8-10-20-36(33)46-39-23-13-12-22-38(39)44(40(27-30)42(34)46)31-14-4-2-5-15-31/h2-27H,28H2,1H3. The van der Waals surface area contributed by atoms with Gasteiger partial charge in [0.1, 0.15) is 0 Å². The molecule has 46 heavy (non-hydrogen) atoms. The SMILES string of the molecule is CC12CC(c3cc4c5c(c3)c3ccccc3n5-c3ccccc3N4c3ccccc3)=CC=C1N(c1ccccc1)c1ccccc12. The van der Waals surface area contributed by atoms with Gasteiger partial charge in [0, 0.05) is 38.9 Å². The van der Waals surface area contributed by atoms with Gasteiger partial charge in [0.15, 0.2) is 0 Å². The van der Waals surface area contributed by atoms with Crippen LogP contribution in [0.2, 0.25) is 0 Å². The number of anilines is 5. The lowest BCUT2D eigenvalue weighted by molar-refractivity contribution is 0.586. The van der Waals surface area contributed by atoms with Gasteiger partial charge in [-0.15, -0.1) is 0 Å². The van der Waals surface area contributed by atoms with Crippen LogP contribution in [-0.2, 0) is 5.41 Å². The van der Waals surface area contributed by atoms with Crippen LogP contribution in [0.15, 0.2) is 163 Å². The second kappa shape index (κ2) is 9.35. The maximum absolute atomic E-state index is 2.47. The van der Waals surface area contributed by atoms with E-state index in [1.54, 1.807) is 0 Å². The van der Waals surface area contributed by atoms with Crippen molar-refractivity contribution in [1.29, 1.82) is 0 Å². The summed E-state index contributed by atoms with van der Waals surface area (Å²) in [5, 5.41) is 2.57. The molecule has 218 valence electrons. The average Bonchev–Trinajstić information content (AvgIpc) is 3.59. The summed E-state index contributed by atoms with van der Waals surface area (Å²) in [4.78, 5) is 4.91. The average molecular weight is 590 g/mol. The monoisotopic (exact) mass is 589 g/mol. The third-order valence-corrected chi connectivity index (χ3v) is 10.3.